The smallest absolute Gasteiger partial charge is 0.337 e. The highest BCUT2D eigenvalue weighted by molar-refractivity contribution is 6.31. The summed E-state index contributed by atoms with van der Waals surface area (Å²) < 4.78 is 67.2. The molecule has 0 aliphatic carbocycles. The maximum absolute atomic E-state index is 15.3. The van der Waals surface area contributed by atoms with Crippen LogP contribution in [0.5, 0.6) is 0 Å². The molecule has 3 aromatic carbocycles. The summed E-state index contributed by atoms with van der Waals surface area (Å²) in [6.07, 6.45) is 0. The van der Waals surface area contributed by atoms with Gasteiger partial charge in [0.2, 0.25) is 0 Å². The number of aromatic amines is 1. The first-order chi connectivity index (χ1) is 17.6. The van der Waals surface area contributed by atoms with E-state index in [1.54, 1.807) is 19.1 Å². The second kappa shape index (κ2) is 9.67. The second-order valence-corrected chi connectivity index (χ2v) is 13.7. The Morgan fingerprint density at radius 3 is 2.00 bits per heavy atom. The third-order valence-corrected chi connectivity index (χ3v) is 7.93. The fourth-order valence-corrected chi connectivity index (χ4v) is 5.12. The lowest BCUT2D eigenvalue weighted by atomic mass is 9.94. The van der Waals surface area contributed by atoms with Gasteiger partial charge >= 0.3 is 5.97 Å². The molecule has 0 aliphatic rings. The molecule has 0 aliphatic heterocycles. The maximum atomic E-state index is 15.3. The number of benzene rings is 3. The number of aryl methyl sites for hydroxylation is 1. The Morgan fingerprint density at radius 1 is 0.921 bits per heavy atom. The number of rotatable bonds is 6. The third-order valence-electron chi connectivity index (χ3n) is 6.20. The molecule has 0 radical (unpaired) electrons. The second-order valence-electron chi connectivity index (χ2n) is 11.0. The first-order valence-corrected chi connectivity index (χ1v) is 13.2. The first-order valence-electron chi connectivity index (χ1n) is 12.0. The molecule has 0 spiro atoms. The minimum Gasteiger partial charge on any atom is -0.478 e. The average Bonchev–Trinajstić information content (AvgIpc) is 3.24. The van der Waals surface area contributed by atoms with Crippen molar-refractivity contribution in [3.8, 4) is 22.5 Å². The number of carbonyl (C=O) groups is 1. The van der Waals surface area contributed by atoms with Crippen molar-refractivity contribution in [2.24, 2.45) is 0 Å². The molecule has 4 aromatic rings. The fraction of sp³-hybridized carbons (Fsp3) is 0.286. The van der Waals surface area contributed by atoms with Crippen molar-refractivity contribution in [2.75, 3.05) is 0 Å². The lowest BCUT2D eigenvalue weighted by molar-refractivity contribution is 0.0698. The van der Waals surface area contributed by atoms with E-state index in [0.717, 1.165) is 5.56 Å². The molecule has 0 unspecified atom stereocenters. The molecule has 1 aromatic heterocycles. The summed E-state index contributed by atoms with van der Waals surface area (Å²) in [6.45, 7) is 11.7. The minimum atomic E-state index is -1.64. The first kappa shape index (κ1) is 27.5. The Labute approximate surface area is 219 Å². The van der Waals surface area contributed by atoms with Crippen LogP contribution in [0.15, 0.2) is 36.4 Å². The van der Waals surface area contributed by atoms with Crippen LogP contribution in [0.25, 0.3) is 33.5 Å². The van der Waals surface area contributed by atoms with Crippen LogP contribution in [0.3, 0.4) is 0 Å². The van der Waals surface area contributed by atoms with Crippen LogP contribution in [0.2, 0.25) is 5.04 Å². The maximum Gasteiger partial charge on any atom is 0.337 e. The van der Waals surface area contributed by atoms with Gasteiger partial charge in [-0.15, -0.1) is 0 Å². The van der Waals surface area contributed by atoms with Crippen LogP contribution in [0, 0.1) is 30.2 Å². The van der Waals surface area contributed by atoms with Gasteiger partial charge < -0.3 is 14.5 Å². The summed E-state index contributed by atoms with van der Waals surface area (Å²) in [4.78, 5) is 18.2. The van der Waals surface area contributed by atoms with Gasteiger partial charge in [0.25, 0.3) is 0 Å². The van der Waals surface area contributed by atoms with E-state index in [9.17, 15) is 9.90 Å². The molecule has 1 heterocycles. The van der Waals surface area contributed by atoms with Gasteiger partial charge in [0.15, 0.2) is 33.0 Å². The number of fused-ring (bicyclic) bond motifs is 1. The standard InChI is InChI=1S/C28H28F4N2O3Si/c1-13-11-16(26(35)36)24-17(12-13)33-25(34-24)19-22(31)20(29)18(21(30)23(19)32)14-7-9-15(10-8-14)28(5,6)37-38-27(2,3)4/h7-12H,38H2,1-6H3,(H,33,34)(H,35,36). The molecule has 2 N–H and O–H groups in total. The lowest BCUT2D eigenvalue weighted by Crippen LogP contribution is -2.27. The molecule has 0 saturated heterocycles. The largest absolute Gasteiger partial charge is 0.478 e. The average molecular weight is 545 g/mol. The number of imidazole rings is 1. The number of hydrogen-bond donors (Lipinski definition) is 2. The Hall–Kier alpha value is -3.50. The van der Waals surface area contributed by atoms with Gasteiger partial charge in [0, 0.05) is 0 Å². The molecule has 0 atom stereocenters. The zero-order valence-corrected chi connectivity index (χ0v) is 23.3. The number of hydrogen-bond acceptors (Lipinski definition) is 3. The number of nitrogens with zero attached hydrogens (tertiary/aromatic N) is 1. The Morgan fingerprint density at radius 2 is 1.47 bits per heavy atom. The van der Waals surface area contributed by atoms with Crippen molar-refractivity contribution < 1.29 is 31.9 Å². The van der Waals surface area contributed by atoms with E-state index < -0.39 is 61.6 Å². The number of nitrogens with one attached hydrogen (secondary N) is 1. The van der Waals surface area contributed by atoms with Crippen LogP contribution in [0.1, 0.15) is 56.1 Å². The number of carboxylic acid groups (broad SMARTS) is 1. The summed E-state index contributed by atoms with van der Waals surface area (Å²) in [5.74, 6) is -8.28. The summed E-state index contributed by atoms with van der Waals surface area (Å²) in [6, 6.07) is 8.87. The molecule has 0 bridgehead atoms. The lowest BCUT2D eigenvalue weighted by Gasteiger charge is -2.30. The summed E-state index contributed by atoms with van der Waals surface area (Å²) in [7, 11) is -0.892. The van der Waals surface area contributed by atoms with Crippen LogP contribution >= 0.6 is 0 Å². The van der Waals surface area contributed by atoms with E-state index in [1.807, 2.05) is 13.8 Å². The van der Waals surface area contributed by atoms with Crippen molar-refractivity contribution in [2.45, 2.75) is 52.2 Å². The number of carboxylic acids is 1. The molecule has 4 rings (SSSR count). The van der Waals surface area contributed by atoms with Gasteiger partial charge in [-0.2, -0.15) is 0 Å². The number of H-pyrrole nitrogens is 1. The SMILES string of the molecule is Cc1cc(C(=O)O)c2nc(-c3c(F)c(F)c(-c4ccc(C(C)(C)O[SiH2]C(C)(C)C)cc4)c(F)c3F)[nH]c2c1. The number of halogens is 4. The van der Waals surface area contributed by atoms with E-state index in [1.165, 1.54) is 24.3 Å². The van der Waals surface area contributed by atoms with E-state index >= 15 is 17.6 Å². The zero-order valence-electron chi connectivity index (χ0n) is 21.9. The van der Waals surface area contributed by atoms with Gasteiger partial charge in [-0.25, -0.2) is 27.3 Å². The normalized spacial score (nSPS) is 12.7. The van der Waals surface area contributed by atoms with Crippen molar-refractivity contribution in [3.05, 3.63) is 76.4 Å². The monoisotopic (exact) mass is 544 g/mol. The van der Waals surface area contributed by atoms with Crippen molar-refractivity contribution in [1.82, 2.24) is 9.97 Å². The predicted octanol–water partition coefficient (Wildman–Crippen LogP) is 7.01. The van der Waals surface area contributed by atoms with Crippen LogP contribution in [-0.2, 0) is 10.0 Å². The highest BCUT2D eigenvalue weighted by Crippen LogP contribution is 2.38. The Bertz CT molecular complexity index is 1530. The summed E-state index contributed by atoms with van der Waals surface area (Å²) in [5.41, 5.74) is -1.43. The van der Waals surface area contributed by atoms with Crippen LogP contribution in [0.4, 0.5) is 17.6 Å². The molecule has 0 fully saturated rings. The van der Waals surface area contributed by atoms with Gasteiger partial charge in [-0.1, -0.05) is 45.0 Å². The predicted molar refractivity (Wildman–Crippen MR) is 141 cm³/mol. The topological polar surface area (TPSA) is 75.2 Å². The Balaban J connectivity index is 1.77. The molecule has 200 valence electrons. The Kier molecular flexibility index (Phi) is 7.00. The molecule has 0 amide bonds. The van der Waals surface area contributed by atoms with Gasteiger partial charge in [0.05, 0.1) is 27.8 Å². The molecule has 5 nitrogen and oxygen atoms in total. The van der Waals surface area contributed by atoms with Gasteiger partial charge in [0.1, 0.15) is 11.3 Å². The molecule has 10 heteroatoms. The summed E-state index contributed by atoms with van der Waals surface area (Å²) >= 11 is 0. The highest BCUT2D eigenvalue weighted by atomic mass is 28.2. The third kappa shape index (κ3) is 5.10. The van der Waals surface area contributed by atoms with Crippen LogP contribution < -0.4 is 0 Å². The van der Waals surface area contributed by atoms with Gasteiger partial charge in [-0.05, 0) is 54.6 Å². The molecular formula is C28H28F4N2O3Si. The van der Waals surface area contributed by atoms with E-state index in [4.69, 9.17) is 4.43 Å². The van der Waals surface area contributed by atoms with Crippen molar-refractivity contribution in [1.29, 1.82) is 0 Å². The molecule has 0 saturated carbocycles. The number of aromatic nitrogens is 2. The minimum absolute atomic E-state index is 0.0506. The highest BCUT2D eigenvalue weighted by Gasteiger charge is 2.30. The summed E-state index contributed by atoms with van der Waals surface area (Å²) in [5, 5.41) is 9.52. The van der Waals surface area contributed by atoms with E-state index in [-0.39, 0.29) is 27.2 Å². The van der Waals surface area contributed by atoms with Crippen LogP contribution in [-0.4, -0.2) is 30.8 Å². The van der Waals surface area contributed by atoms with Gasteiger partial charge in [-0.3, -0.25) is 0 Å². The van der Waals surface area contributed by atoms with Crippen molar-refractivity contribution in [3.63, 3.8) is 0 Å². The van der Waals surface area contributed by atoms with E-state index in [2.05, 4.69) is 30.7 Å². The van der Waals surface area contributed by atoms with Crippen molar-refractivity contribution >= 4 is 26.8 Å². The quantitative estimate of drug-likeness (QED) is 0.156. The van der Waals surface area contributed by atoms with E-state index in [0.29, 0.717) is 5.56 Å². The molecule has 38 heavy (non-hydrogen) atoms. The fourth-order valence-electron chi connectivity index (χ4n) is 4.15. The number of aromatic carboxylic acids is 1. The molecular weight excluding hydrogens is 516 g/mol. The zero-order chi connectivity index (χ0) is 28.2.